The van der Waals surface area contributed by atoms with Crippen molar-refractivity contribution in [1.29, 1.82) is 5.26 Å². The van der Waals surface area contributed by atoms with Crippen LogP contribution in [0.3, 0.4) is 0 Å². The molecule has 2 heterocycles. The summed E-state index contributed by atoms with van der Waals surface area (Å²) in [7, 11) is 0. The Hall–Kier alpha value is -1.89. The van der Waals surface area contributed by atoms with Gasteiger partial charge in [0.15, 0.2) is 5.65 Å². The van der Waals surface area contributed by atoms with E-state index in [0.29, 0.717) is 11.2 Å². The zero-order valence-corrected chi connectivity index (χ0v) is 5.60. The van der Waals surface area contributed by atoms with Gasteiger partial charge in [-0.3, -0.25) is 0 Å². The molecule has 0 atom stereocenters. The summed E-state index contributed by atoms with van der Waals surface area (Å²) in [6.45, 7) is 0. The van der Waals surface area contributed by atoms with E-state index in [1.165, 1.54) is 0 Å². The Morgan fingerprint density at radius 3 is 3.18 bits per heavy atom. The first-order chi connectivity index (χ1) is 5.42. The molecule has 0 N–H and O–H groups in total. The van der Waals surface area contributed by atoms with Crippen molar-refractivity contribution in [3.05, 3.63) is 30.2 Å². The summed E-state index contributed by atoms with van der Waals surface area (Å²) in [5, 5.41) is 12.6. The fraction of sp³-hybridized carbons (Fsp3) is 0. The third kappa shape index (κ3) is 0.749. The SMILES string of the molecule is N#Cc1ccnn2ccnc12. The summed E-state index contributed by atoms with van der Waals surface area (Å²) in [6, 6.07) is 3.67. The number of fused-ring (bicyclic) bond motifs is 1. The Balaban J connectivity index is 2.92. The topological polar surface area (TPSA) is 54.0 Å². The minimum Gasteiger partial charge on any atom is -0.234 e. The highest BCUT2D eigenvalue weighted by Crippen LogP contribution is 2.03. The van der Waals surface area contributed by atoms with Crippen LogP contribution in [0.15, 0.2) is 24.7 Å². The van der Waals surface area contributed by atoms with Crippen LogP contribution in [-0.2, 0) is 0 Å². The molecule has 52 valence electrons. The minimum atomic E-state index is 0.546. The summed E-state index contributed by atoms with van der Waals surface area (Å²) < 4.78 is 1.57. The van der Waals surface area contributed by atoms with Gasteiger partial charge in [-0.15, -0.1) is 0 Å². The lowest BCUT2D eigenvalue weighted by Gasteiger charge is -1.90. The molecule has 0 aromatic carbocycles. The lowest BCUT2D eigenvalue weighted by molar-refractivity contribution is 0.932. The van der Waals surface area contributed by atoms with E-state index in [-0.39, 0.29) is 0 Å². The maximum absolute atomic E-state index is 8.62. The van der Waals surface area contributed by atoms with Crippen molar-refractivity contribution in [2.75, 3.05) is 0 Å². The van der Waals surface area contributed by atoms with Crippen LogP contribution in [0.4, 0.5) is 0 Å². The molecule has 0 unspecified atom stereocenters. The zero-order valence-electron chi connectivity index (χ0n) is 5.60. The standard InChI is InChI=1S/C7H4N4/c8-5-6-1-2-10-11-4-3-9-7(6)11/h1-4H. The van der Waals surface area contributed by atoms with E-state index in [1.54, 1.807) is 29.2 Å². The molecule has 2 rings (SSSR count). The number of nitriles is 1. The second-order valence-electron chi connectivity index (χ2n) is 2.05. The van der Waals surface area contributed by atoms with E-state index >= 15 is 0 Å². The van der Waals surface area contributed by atoms with Gasteiger partial charge in [-0.2, -0.15) is 10.4 Å². The summed E-state index contributed by atoms with van der Waals surface area (Å²) in [5.74, 6) is 0. The summed E-state index contributed by atoms with van der Waals surface area (Å²) in [4.78, 5) is 3.97. The van der Waals surface area contributed by atoms with Crippen molar-refractivity contribution in [2.24, 2.45) is 0 Å². The van der Waals surface area contributed by atoms with Gasteiger partial charge in [-0.05, 0) is 6.07 Å². The van der Waals surface area contributed by atoms with Crippen molar-refractivity contribution in [1.82, 2.24) is 14.6 Å². The van der Waals surface area contributed by atoms with Gasteiger partial charge in [0.1, 0.15) is 6.07 Å². The van der Waals surface area contributed by atoms with Crippen molar-refractivity contribution < 1.29 is 0 Å². The number of aromatic nitrogens is 3. The molecule has 4 nitrogen and oxygen atoms in total. The van der Waals surface area contributed by atoms with Crippen LogP contribution < -0.4 is 0 Å². The van der Waals surface area contributed by atoms with Crippen LogP contribution in [0.5, 0.6) is 0 Å². The molecule has 0 radical (unpaired) electrons. The lowest BCUT2D eigenvalue weighted by Crippen LogP contribution is -1.91. The third-order valence-corrected chi connectivity index (χ3v) is 1.42. The quantitative estimate of drug-likeness (QED) is 0.544. The van der Waals surface area contributed by atoms with Crippen LogP contribution in [0.2, 0.25) is 0 Å². The Kier molecular flexibility index (Phi) is 1.10. The Morgan fingerprint density at radius 2 is 2.36 bits per heavy atom. The Morgan fingerprint density at radius 1 is 1.45 bits per heavy atom. The number of hydrogen-bond donors (Lipinski definition) is 0. The fourth-order valence-corrected chi connectivity index (χ4v) is 0.924. The molecule has 0 aliphatic heterocycles. The van der Waals surface area contributed by atoms with E-state index in [4.69, 9.17) is 5.26 Å². The van der Waals surface area contributed by atoms with E-state index < -0.39 is 0 Å². The molecule has 0 amide bonds. The van der Waals surface area contributed by atoms with Gasteiger partial charge in [0, 0.05) is 18.6 Å². The largest absolute Gasteiger partial charge is 0.234 e. The van der Waals surface area contributed by atoms with Gasteiger partial charge >= 0.3 is 0 Å². The molecular weight excluding hydrogens is 140 g/mol. The van der Waals surface area contributed by atoms with Crippen LogP contribution >= 0.6 is 0 Å². The summed E-state index contributed by atoms with van der Waals surface area (Å²) >= 11 is 0. The van der Waals surface area contributed by atoms with Crippen molar-refractivity contribution >= 4 is 5.65 Å². The molecule has 0 spiro atoms. The van der Waals surface area contributed by atoms with E-state index in [9.17, 15) is 0 Å². The van der Waals surface area contributed by atoms with E-state index in [2.05, 4.69) is 10.1 Å². The average molecular weight is 144 g/mol. The number of rotatable bonds is 0. The highest BCUT2D eigenvalue weighted by molar-refractivity contribution is 5.53. The molecular formula is C7H4N4. The van der Waals surface area contributed by atoms with E-state index in [1.807, 2.05) is 6.07 Å². The predicted molar refractivity (Wildman–Crippen MR) is 37.7 cm³/mol. The highest BCUT2D eigenvalue weighted by Gasteiger charge is 1.99. The third-order valence-electron chi connectivity index (χ3n) is 1.42. The molecule has 0 saturated heterocycles. The lowest BCUT2D eigenvalue weighted by atomic mass is 10.3. The van der Waals surface area contributed by atoms with Gasteiger partial charge < -0.3 is 0 Å². The monoisotopic (exact) mass is 144 g/mol. The van der Waals surface area contributed by atoms with Crippen molar-refractivity contribution in [2.45, 2.75) is 0 Å². The van der Waals surface area contributed by atoms with Crippen LogP contribution in [0.25, 0.3) is 5.65 Å². The Bertz CT molecular complexity index is 423. The fourth-order valence-electron chi connectivity index (χ4n) is 0.924. The number of imidazole rings is 1. The van der Waals surface area contributed by atoms with Crippen LogP contribution in [0, 0.1) is 11.3 Å². The molecule has 2 aromatic rings. The van der Waals surface area contributed by atoms with Gasteiger partial charge in [0.05, 0.1) is 5.56 Å². The van der Waals surface area contributed by atoms with Crippen molar-refractivity contribution in [3.63, 3.8) is 0 Å². The molecule has 11 heavy (non-hydrogen) atoms. The molecule has 0 fully saturated rings. The van der Waals surface area contributed by atoms with Gasteiger partial charge in [-0.25, -0.2) is 9.50 Å². The van der Waals surface area contributed by atoms with Gasteiger partial charge in [-0.1, -0.05) is 0 Å². The minimum absolute atomic E-state index is 0.546. The molecule has 0 saturated carbocycles. The number of nitrogens with zero attached hydrogens (tertiary/aromatic N) is 4. The smallest absolute Gasteiger partial charge is 0.171 e. The van der Waals surface area contributed by atoms with Gasteiger partial charge in [0.25, 0.3) is 0 Å². The first kappa shape index (κ1) is 5.86. The molecule has 0 bridgehead atoms. The molecule has 0 aliphatic carbocycles. The number of hydrogen-bond acceptors (Lipinski definition) is 3. The maximum Gasteiger partial charge on any atom is 0.171 e. The second-order valence-corrected chi connectivity index (χ2v) is 2.05. The normalized spacial score (nSPS) is 9.73. The zero-order chi connectivity index (χ0) is 7.68. The maximum atomic E-state index is 8.62. The van der Waals surface area contributed by atoms with Crippen LogP contribution in [-0.4, -0.2) is 14.6 Å². The first-order valence-corrected chi connectivity index (χ1v) is 3.10. The van der Waals surface area contributed by atoms with Gasteiger partial charge in [0.2, 0.25) is 0 Å². The van der Waals surface area contributed by atoms with Crippen LogP contribution in [0.1, 0.15) is 5.56 Å². The summed E-state index contributed by atoms with van der Waals surface area (Å²) in [6.07, 6.45) is 4.90. The van der Waals surface area contributed by atoms with Crippen molar-refractivity contribution in [3.8, 4) is 6.07 Å². The molecule has 0 aliphatic rings. The molecule has 2 aromatic heterocycles. The average Bonchev–Trinajstić information content (AvgIpc) is 2.50. The summed E-state index contributed by atoms with van der Waals surface area (Å²) in [5.41, 5.74) is 1.15. The molecule has 4 heteroatoms. The second kappa shape index (κ2) is 2.06. The Labute approximate surface area is 62.7 Å². The van der Waals surface area contributed by atoms with E-state index in [0.717, 1.165) is 0 Å². The first-order valence-electron chi connectivity index (χ1n) is 3.10. The predicted octanol–water partition coefficient (Wildman–Crippen LogP) is 0.601. The highest BCUT2D eigenvalue weighted by atomic mass is 15.2.